The Morgan fingerprint density at radius 2 is 1.77 bits per heavy atom. The van der Waals surface area contributed by atoms with Crippen LogP contribution >= 0.6 is 0 Å². The van der Waals surface area contributed by atoms with Crippen LogP contribution in [0.3, 0.4) is 0 Å². The molecule has 1 saturated heterocycles. The van der Waals surface area contributed by atoms with Crippen LogP contribution in [0.2, 0.25) is 0 Å². The molecule has 0 aromatic heterocycles. The van der Waals surface area contributed by atoms with Gasteiger partial charge in [-0.25, -0.2) is 0 Å². The van der Waals surface area contributed by atoms with E-state index in [4.69, 9.17) is 9.47 Å². The quantitative estimate of drug-likeness (QED) is 0.709. The van der Waals surface area contributed by atoms with Crippen LogP contribution in [0.5, 0.6) is 5.75 Å². The number of hydrogen-bond donors (Lipinski definition) is 1. The van der Waals surface area contributed by atoms with Crippen LogP contribution in [0.4, 0.5) is 0 Å². The molecule has 0 aliphatic carbocycles. The molecule has 0 unspecified atom stereocenters. The molecule has 0 radical (unpaired) electrons. The summed E-state index contributed by atoms with van der Waals surface area (Å²) in [5, 5.41) is 2.69. The highest BCUT2D eigenvalue weighted by Crippen LogP contribution is 2.23. The molecule has 1 fully saturated rings. The van der Waals surface area contributed by atoms with Crippen molar-refractivity contribution in [3.05, 3.63) is 54.6 Å². The molecule has 0 spiro atoms. The van der Waals surface area contributed by atoms with Gasteiger partial charge >= 0.3 is 5.97 Å². The summed E-state index contributed by atoms with van der Waals surface area (Å²) in [6, 6.07) is 16.5. The molecule has 0 saturated carbocycles. The number of nitrogens with zero attached hydrogens (tertiary/aromatic N) is 1. The summed E-state index contributed by atoms with van der Waals surface area (Å²) in [6.07, 6.45) is -0.979. The smallest absolute Gasteiger partial charge is 0.308 e. The largest absolute Gasteiger partial charge is 0.481 e. The molecule has 1 N–H and O–H groups in total. The Morgan fingerprint density at radius 3 is 2.43 bits per heavy atom. The van der Waals surface area contributed by atoms with Crippen molar-refractivity contribution in [2.24, 2.45) is 0 Å². The van der Waals surface area contributed by atoms with Crippen LogP contribution in [-0.2, 0) is 19.1 Å². The molecule has 0 bridgehead atoms. The van der Waals surface area contributed by atoms with Crippen LogP contribution in [0.25, 0.3) is 11.1 Å². The van der Waals surface area contributed by atoms with E-state index < -0.39 is 18.1 Å². The molecule has 7 nitrogen and oxygen atoms in total. The Labute approximate surface area is 176 Å². The van der Waals surface area contributed by atoms with Crippen LogP contribution in [0.1, 0.15) is 20.3 Å². The second kappa shape index (κ2) is 9.91. The maximum absolute atomic E-state index is 13.0. The van der Waals surface area contributed by atoms with E-state index >= 15 is 0 Å². The van der Waals surface area contributed by atoms with Gasteiger partial charge in [0.2, 0.25) is 5.91 Å². The van der Waals surface area contributed by atoms with Gasteiger partial charge < -0.3 is 19.7 Å². The molecular weight excluding hydrogens is 384 g/mol. The minimum atomic E-state index is -0.892. The van der Waals surface area contributed by atoms with Gasteiger partial charge in [0, 0.05) is 13.1 Å². The molecule has 30 heavy (non-hydrogen) atoms. The van der Waals surface area contributed by atoms with Gasteiger partial charge in [0.25, 0.3) is 5.91 Å². The van der Waals surface area contributed by atoms with E-state index in [1.54, 1.807) is 13.8 Å². The summed E-state index contributed by atoms with van der Waals surface area (Å²) in [5.74, 6) is -0.658. The number of esters is 1. The van der Waals surface area contributed by atoms with Crippen molar-refractivity contribution < 1.29 is 23.9 Å². The minimum Gasteiger partial charge on any atom is -0.481 e. The van der Waals surface area contributed by atoms with Crippen LogP contribution in [-0.4, -0.2) is 54.5 Å². The SMILES string of the molecule is CCOC(=O)C[C@@H]1C(=O)NCCN1C(=O)[C@H](C)Oc1ccc(-c2ccccc2)cc1. The topological polar surface area (TPSA) is 84.9 Å². The number of rotatable bonds is 7. The maximum atomic E-state index is 13.0. The van der Waals surface area contributed by atoms with Gasteiger partial charge in [0.05, 0.1) is 13.0 Å². The van der Waals surface area contributed by atoms with Gasteiger partial charge in [-0.3, -0.25) is 14.4 Å². The maximum Gasteiger partial charge on any atom is 0.308 e. The Kier molecular flexibility index (Phi) is 7.06. The second-order valence-corrected chi connectivity index (χ2v) is 7.00. The number of hydrogen-bond acceptors (Lipinski definition) is 5. The lowest BCUT2D eigenvalue weighted by Crippen LogP contribution is -2.60. The standard InChI is InChI=1S/C23H26N2O5/c1-3-29-21(26)15-20-22(27)24-13-14-25(20)23(28)16(2)30-19-11-9-18(10-12-19)17-7-5-4-6-8-17/h4-12,16,20H,3,13-15H2,1-2H3,(H,24,27)/t16-,20+/m0/s1. The van der Waals surface area contributed by atoms with Crippen molar-refractivity contribution >= 4 is 17.8 Å². The fourth-order valence-electron chi connectivity index (χ4n) is 3.40. The van der Waals surface area contributed by atoms with Gasteiger partial charge in [0.1, 0.15) is 11.8 Å². The molecule has 1 aliphatic rings. The van der Waals surface area contributed by atoms with Crippen molar-refractivity contribution in [2.75, 3.05) is 19.7 Å². The van der Waals surface area contributed by atoms with Crippen molar-refractivity contribution in [1.82, 2.24) is 10.2 Å². The Morgan fingerprint density at radius 1 is 1.10 bits per heavy atom. The molecule has 158 valence electrons. The fraction of sp³-hybridized carbons (Fsp3) is 0.348. The monoisotopic (exact) mass is 410 g/mol. The predicted octanol–water partition coefficient (Wildman–Crippen LogP) is 2.40. The molecule has 2 atom stereocenters. The van der Waals surface area contributed by atoms with Crippen molar-refractivity contribution in [3.63, 3.8) is 0 Å². The van der Waals surface area contributed by atoms with Gasteiger partial charge in [-0.1, -0.05) is 42.5 Å². The number of nitrogens with one attached hydrogen (secondary N) is 1. The molecule has 2 aromatic rings. The van der Waals surface area contributed by atoms with Crippen LogP contribution < -0.4 is 10.1 Å². The molecular formula is C23H26N2O5. The number of carbonyl (C=O) groups is 3. The molecule has 1 heterocycles. The summed E-state index contributed by atoms with van der Waals surface area (Å²) in [6.45, 7) is 4.21. The van der Waals surface area contributed by atoms with E-state index in [0.717, 1.165) is 11.1 Å². The average Bonchev–Trinajstić information content (AvgIpc) is 2.76. The highest BCUT2D eigenvalue weighted by atomic mass is 16.5. The summed E-state index contributed by atoms with van der Waals surface area (Å²) in [5.41, 5.74) is 2.14. The van der Waals surface area contributed by atoms with Gasteiger partial charge in [-0.15, -0.1) is 0 Å². The third-order valence-electron chi connectivity index (χ3n) is 4.90. The molecule has 2 amide bonds. The van der Waals surface area contributed by atoms with Gasteiger partial charge in [-0.05, 0) is 37.1 Å². The van der Waals surface area contributed by atoms with Gasteiger partial charge in [-0.2, -0.15) is 0 Å². The molecule has 7 heteroatoms. The highest BCUT2D eigenvalue weighted by molar-refractivity contribution is 5.93. The third kappa shape index (κ3) is 5.17. The second-order valence-electron chi connectivity index (χ2n) is 7.00. The van der Waals surface area contributed by atoms with Crippen molar-refractivity contribution in [1.29, 1.82) is 0 Å². The molecule has 2 aromatic carbocycles. The van der Waals surface area contributed by atoms with E-state index in [0.29, 0.717) is 18.8 Å². The first kappa shape index (κ1) is 21.4. The summed E-state index contributed by atoms with van der Waals surface area (Å²) >= 11 is 0. The number of amides is 2. The lowest BCUT2D eigenvalue weighted by Gasteiger charge is -2.36. The number of ether oxygens (including phenoxy) is 2. The summed E-state index contributed by atoms with van der Waals surface area (Å²) in [7, 11) is 0. The fourth-order valence-corrected chi connectivity index (χ4v) is 3.40. The zero-order valence-corrected chi connectivity index (χ0v) is 17.2. The lowest BCUT2D eigenvalue weighted by atomic mass is 10.1. The lowest BCUT2D eigenvalue weighted by molar-refractivity contribution is -0.153. The zero-order valence-electron chi connectivity index (χ0n) is 17.2. The Balaban J connectivity index is 1.66. The van der Waals surface area contributed by atoms with E-state index in [2.05, 4.69) is 5.32 Å². The number of benzene rings is 2. The Bertz CT molecular complexity index is 882. The summed E-state index contributed by atoms with van der Waals surface area (Å²) in [4.78, 5) is 38.5. The van der Waals surface area contributed by atoms with E-state index in [1.165, 1.54) is 4.90 Å². The predicted molar refractivity (Wildman–Crippen MR) is 112 cm³/mol. The first-order valence-corrected chi connectivity index (χ1v) is 10.1. The average molecular weight is 410 g/mol. The van der Waals surface area contributed by atoms with E-state index in [-0.39, 0.29) is 24.8 Å². The van der Waals surface area contributed by atoms with E-state index in [1.807, 2.05) is 54.6 Å². The Hall–Kier alpha value is -3.35. The number of carbonyl (C=O) groups excluding carboxylic acids is 3. The van der Waals surface area contributed by atoms with Crippen LogP contribution in [0, 0.1) is 0 Å². The first-order chi connectivity index (χ1) is 14.5. The number of piperazine rings is 1. The highest BCUT2D eigenvalue weighted by Gasteiger charge is 2.37. The van der Waals surface area contributed by atoms with E-state index in [9.17, 15) is 14.4 Å². The molecule has 1 aliphatic heterocycles. The third-order valence-corrected chi connectivity index (χ3v) is 4.90. The summed E-state index contributed by atoms with van der Waals surface area (Å²) < 4.78 is 10.8. The van der Waals surface area contributed by atoms with Crippen molar-refractivity contribution in [3.8, 4) is 16.9 Å². The van der Waals surface area contributed by atoms with Gasteiger partial charge in [0.15, 0.2) is 6.10 Å². The van der Waals surface area contributed by atoms with Crippen LogP contribution in [0.15, 0.2) is 54.6 Å². The zero-order chi connectivity index (χ0) is 21.5. The van der Waals surface area contributed by atoms with Crippen molar-refractivity contribution in [2.45, 2.75) is 32.4 Å². The first-order valence-electron chi connectivity index (χ1n) is 10.1. The molecule has 3 rings (SSSR count). The minimum absolute atomic E-state index is 0.177. The normalized spacial score (nSPS) is 17.1.